The Morgan fingerprint density at radius 3 is 2.85 bits per heavy atom. The highest BCUT2D eigenvalue weighted by atomic mass is 35.5. The number of hydrogen-bond acceptors (Lipinski definition) is 5. The van der Waals surface area contributed by atoms with Crippen molar-refractivity contribution in [3.8, 4) is 16.0 Å². The summed E-state index contributed by atoms with van der Waals surface area (Å²) in [5.74, 6) is -0.0934. The van der Waals surface area contributed by atoms with Crippen molar-refractivity contribution < 1.29 is 4.79 Å². The van der Waals surface area contributed by atoms with Gasteiger partial charge >= 0.3 is 0 Å². The van der Waals surface area contributed by atoms with E-state index in [1.165, 1.54) is 22.7 Å². The van der Waals surface area contributed by atoms with Gasteiger partial charge in [0.25, 0.3) is 5.91 Å². The smallest absolute Gasteiger partial charge is 0.265 e. The van der Waals surface area contributed by atoms with Crippen LogP contribution in [0.2, 0.25) is 4.34 Å². The number of thiophene rings is 1. The molecular formula is C13H12ClN3OS2. The van der Waals surface area contributed by atoms with E-state index in [0.717, 1.165) is 9.88 Å². The number of amides is 1. The summed E-state index contributed by atoms with van der Waals surface area (Å²) in [5.41, 5.74) is 0.711. The van der Waals surface area contributed by atoms with E-state index in [4.69, 9.17) is 16.9 Å². The molecule has 2 rings (SSSR count). The summed E-state index contributed by atoms with van der Waals surface area (Å²) in [4.78, 5) is 19.8. The standard InChI is InChI=1S/C13H12ClN3OS2/c1-8-11(13(18)17(2)7-3-6-15)20-12(16-8)9-4-5-10(14)19-9/h4-5H,3,7H2,1-2H3. The van der Waals surface area contributed by atoms with Crippen molar-refractivity contribution in [2.24, 2.45) is 0 Å². The minimum atomic E-state index is -0.0934. The van der Waals surface area contributed by atoms with Crippen LogP contribution in [0.15, 0.2) is 12.1 Å². The largest absolute Gasteiger partial charge is 0.340 e. The number of thiazole rings is 1. The highest BCUT2D eigenvalue weighted by molar-refractivity contribution is 7.24. The van der Waals surface area contributed by atoms with Gasteiger partial charge in [0.05, 0.1) is 27.4 Å². The molecule has 0 saturated heterocycles. The van der Waals surface area contributed by atoms with Crippen LogP contribution < -0.4 is 0 Å². The molecule has 0 aliphatic rings. The van der Waals surface area contributed by atoms with Crippen molar-refractivity contribution in [3.05, 3.63) is 27.0 Å². The second-order valence-electron chi connectivity index (χ2n) is 4.17. The van der Waals surface area contributed by atoms with Crippen molar-refractivity contribution >= 4 is 40.2 Å². The maximum Gasteiger partial charge on any atom is 0.265 e. The number of halogens is 1. The number of aromatic nitrogens is 1. The SMILES string of the molecule is Cc1nc(-c2ccc(Cl)s2)sc1C(=O)N(C)CCC#N. The second-order valence-corrected chi connectivity index (χ2v) is 6.89. The van der Waals surface area contributed by atoms with Crippen LogP contribution in [0.25, 0.3) is 9.88 Å². The van der Waals surface area contributed by atoms with Crippen LogP contribution in [0.3, 0.4) is 0 Å². The highest BCUT2D eigenvalue weighted by Crippen LogP contribution is 2.35. The van der Waals surface area contributed by atoms with Crippen molar-refractivity contribution in [2.75, 3.05) is 13.6 Å². The quantitative estimate of drug-likeness (QED) is 0.858. The van der Waals surface area contributed by atoms with E-state index in [0.29, 0.717) is 27.9 Å². The summed E-state index contributed by atoms with van der Waals surface area (Å²) in [7, 11) is 1.69. The number of aryl methyl sites for hydroxylation is 1. The lowest BCUT2D eigenvalue weighted by molar-refractivity contribution is 0.0802. The van der Waals surface area contributed by atoms with Crippen molar-refractivity contribution in [1.29, 1.82) is 5.26 Å². The van der Waals surface area contributed by atoms with Gasteiger partial charge in [0.2, 0.25) is 0 Å². The van der Waals surface area contributed by atoms with Gasteiger partial charge in [-0.15, -0.1) is 22.7 Å². The number of nitrogens with zero attached hydrogens (tertiary/aromatic N) is 3. The number of hydrogen-bond donors (Lipinski definition) is 0. The van der Waals surface area contributed by atoms with Crippen LogP contribution in [0.4, 0.5) is 0 Å². The molecule has 0 aliphatic heterocycles. The lowest BCUT2D eigenvalue weighted by Crippen LogP contribution is -2.27. The van der Waals surface area contributed by atoms with Gasteiger partial charge < -0.3 is 4.90 Å². The average Bonchev–Trinajstić information content (AvgIpc) is 3.01. The minimum Gasteiger partial charge on any atom is -0.340 e. The molecule has 0 spiro atoms. The Labute approximate surface area is 130 Å². The molecule has 0 aromatic carbocycles. The molecule has 0 aliphatic carbocycles. The molecule has 0 unspecified atom stereocenters. The van der Waals surface area contributed by atoms with E-state index in [1.54, 1.807) is 11.9 Å². The topological polar surface area (TPSA) is 57.0 Å². The van der Waals surface area contributed by atoms with Gasteiger partial charge in [0.1, 0.15) is 9.88 Å². The lowest BCUT2D eigenvalue weighted by atomic mass is 10.3. The fourth-order valence-electron chi connectivity index (χ4n) is 1.62. The zero-order valence-electron chi connectivity index (χ0n) is 11.0. The third-order valence-corrected chi connectivity index (χ3v) is 5.23. The lowest BCUT2D eigenvalue weighted by Gasteiger charge is -2.14. The Morgan fingerprint density at radius 2 is 2.25 bits per heavy atom. The minimum absolute atomic E-state index is 0.0934. The van der Waals surface area contributed by atoms with Gasteiger partial charge in [-0.2, -0.15) is 5.26 Å². The maximum absolute atomic E-state index is 12.3. The van der Waals surface area contributed by atoms with Gasteiger partial charge in [0, 0.05) is 13.6 Å². The molecule has 0 saturated carbocycles. The van der Waals surface area contributed by atoms with Gasteiger partial charge in [-0.25, -0.2) is 4.98 Å². The first-order valence-electron chi connectivity index (χ1n) is 5.88. The van der Waals surface area contributed by atoms with Crippen LogP contribution in [-0.2, 0) is 0 Å². The van der Waals surface area contributed by atoms with Gasteiger partial charge in [-0.1, -0.05) is 11.6 Å². The van der Waals surface area contributed by atoms with E-state index in [2.05, 4.69) is 4.98 Å². The fraction of sp³-hybridized carbons (Fsp3) is 0.308. The third-order valence-electron chi connectivity index (χ3n) is 2.68. The predicted octanol–water partition coefficient (Wildman–Crippen LogP) is 3.82. The fourth-order valence-corrected chi connectivity index (χ4v) is 3.78. The first-order chi connectivity index (χ1) is 9.52. The summed E-state index contributed by atoms with van der Waals surface area (Å²) in [6, 6.07) is 5.75. The molecule has 2 aromatic rings. The molecule has 20 heavy (non-hydrogen) atoms. The van der Waals surface area contributed by atoms with Crippen LogP contribution in [0.1, 0.15) is 21.8 Å². The first kappa shape index (κ1) is 15.0. The Hall–Kier alpha value is -1.42. The van der Waals surface area contributed by atoms with E-state index in [9.17, 15) is 4.79 Å². The van der Waals surface area contributed by atoms with Gasteiger partial charge in [0.15, 0.2) is 0 Å². The normalized spacial score (nSPS) is 10.3. The molecule has 0 atom stereocenters. The molecule has 2 heterocycles. The molecule has 4 nitrogen and oxygen atoms in total. The average molecular weight is 326 g/mol. The Morgan fingerprint density at radius 1 is 1.50 bits per heavy atom. The van der Waals surface area contributed by atoms with E-state index in [1.807, 2.05) is 25.1 Å². The van der Waals surface area contributed by atoms with Crippen molar-refractivity contribution in [3.63, 3.8) is 0 Å². The summed E-state index contributed by atoms with van der Waals surface area (Å²) in [6.07, 6.45) is 0.327. The molecule has 0 bridgehead atoms. The number of rotatable bonds is 4. The Kier molecular flexibility index (Phi) is 4.76. The second kappa shape index (κ2) is 6.35. The van der Waals surface area contributed by atoms with Crippen molar-refractivity contribution in [2.45, 2.75) is 13.3 Å². The third kappa shape index (κ3) is 3.18. The number of nitriles is 1. The Bertz CT molecular complexity index is 671. The molecular weight excluding hydrogens is 314 g/mol. The maximum atomic E-state index is 12.3. The highest BCUT2D eigenvalue weighted by Gasteiger charge is 2.19. The zero-order valence-corrected chi connectivity index (χ0v) is 13.4. The molecule has 104 valence electrons. The summed E-state index contributed by atoms with van der Waals surface area (Å²) < 4.78 is 0.701. The predicted molar refractivity (Wildman–Crippen MR) is 82.4 cm³/mol. The van der Waals surface area contributed by atoms with Crippen LogP contribution in [-0.4, -0.2) is 29.4 Å². The number of carbonyl (C=O) groups excluding carboxylic acids is 1. The van der Waals surface area contributed by atoms with E-state index >= 15 is 0 Å². The first-order valence-corrected chi connectivity index (χ1v) is 7.89. The molecule has 0 N–H and O–H groups in total. The molecule has 1 amide bonds. The Balaban J connectivity index is 2.23. The van der Waals surface area contributed by atoms with Crippen LogP contribution >= 0.6 is 34.3 Å². The van der Waals surface area contributed by atoms with E-state index in [-0.39, 0.29) is 5.91 Å². The summed E-state index contributed by atoms with van der Waals surface area (Å²) in [5, 5.41) is 9.37. The number of carbonyl (C=O) groups is 1. The van der Waals surface area contributed by atoms with Crippen molar-refractivity contribution in [1.82, 2.24) is 9.88 Å². The van der Waals surface area contributed by atoms with Crippen LogP contribution in [0.5, 0.6) is 0 Å². The van der Waals surface area contributed by atoms with Gasteiger partial charge in [-0.05, 0) is 19.1 Å². The monoisotopic (exact) mass is 325 g/mol. The van der Waals surface area contributed by atoms with Gasteiger partial charge in [-0.3, -0.25) is 4.79 Å². The van der Waals surface area contributed by atoms with Crippen LogP contribution in [0, 0.1) is 18.3 Å². The molecule has 2 aromatic heterocycles. The molecule has 0 fully saturated rings. The summed E-state index contributed by atoms with van der Waals surface area (Å²) >= 11 is 8.72. The molecule has 0 radical (unpaired) electrons. The van der Waals surface area contributed by atoms with E-state index < -0.39 is 0 Å². The zero-order chi connectivity index (χ0) is 14.7. The molecule has 7 heteroatoms. The summed E-state index contributed by atoms with van der Waals surface area (Å²) in [6.45, 7) is 2.24.